The van der Waals surface area contributed by atoms with Gasteiger partial charge in [0.2, 0.25) is 0 Å². The van der Waals surface area contributed by atoms with Crippen molar-refractivity contribution >= 4 is 39.0 Å². The average molecular weight is 359 g/mol. The van der Waals surface area contributed by atoms with E-state index in [0.717, 1.165) is 0 Å². The molecule has 0 atom stereocenters. The molecular weight excluding hydrogens is 349 g/mol. The molecule has 6 heteroatoms. The van der Waals surface area contributed by atoms with Gasteiger partial charge in [0, 0.05) is 10.0 Å². The molecule has 0 fully saturated rings. The number of ketones is 1. The van der Waals surface area contributed by atoms with Crippen molar-refractivity contribution in [2.24, 2.45) is 0 Å². The fourth-order valence-electron chi connectivity index (χ4n) is 1.77. The van der Waals surface area contributed by atoms with Gasteiger partial charge in [-0.15, -0.1) is 0 Å². The van der Waals surface area contributed by atoms with Gasteiger partial charge in [-0.2, -0.15) is 0 Å². The third-order valence-corrected chi connectivity index (χ3v) is 4.07. The van der Waals surface area contributed by atoms with Gasteiger partial charge in [0.25, 0.3) is 0 Å². The minimum Gasteiger partial charge on any atom is -0.495 e. The summed E-state index contributed by atoms with van der Waals surface area (Å²) in [5, 5.41) is -0.141. The topological polar surface area (TPSA) is 52.3 Å². The number of ether oxygens (including phenoxy) is 1. The van der Waals surface area contributed by atoms with Crippen LogP contribution >= 0.6 is 27.5 Å². The lowest BCUT2D eigenvalue weighted by molar-refractivity contribution is 0.103. The molecule has 0 aliphatic heterocycles. The van der Waals surface area contributed by atoms with Gasteiger partial charge in [0.1, 0.15) is 5.75 Å². The second-order valence-corrected chi connectivity index (χ2v) is 5.21. The maximum atomic E-state index is 14.1. The van der Waals surface area contributed by atoms with Crippen LogP contribution in [0.5, 0.6) is 5.75 Å². The highest BCUT2D eigenvalue weighted by atomic mass is 79.9. The number of hydrogen-bond donors (Lipinski definition) is 1. The Morgan fingerprint density at radius 3 is 2.65 bits per heavy atom. The van der Waals surface area contributed by atoms with Crippen molar-refractivity contribution < 1.29 is 13.9 Å². The maximum Gasteiger partial charge on any atom is 0.198 e. The second-order valence-electron chi connectivity index (χ2n) is 3.97. The number of benzene rings is 2. The molecule has 2 aromatic carbocycles. The molecule has 20 heavy (non-hydrogen) atoms. The van der Waals surface area contributed by atoms with Gasteiger partial charge in [-0.25, -0.2) is 4.39 Å². The zero-order chi connectivity index (χ0) is 14.9. The molecule has 0 saturated carbocycles. The maximum absolute atomic E-state index is 14.1. The third kappa shape index (κ3) is 2.51. The van der Waals surface area contributed by atoms with Crippen molar-refractivity contribution in [3.05, 3.63) is 56.8 Å². The number of nitrogen functional groups attached to an aromatic ring is 1. The van der Waals surface area contributed by atoms with E-state index in [0.29, 0.717) is 10.2 Å². The quantitative estimate of drug-likeness (QED) is 0.511. The normalized spacial score (nSPS) is 10.4. The van der Waals surface area contributed by atoms with Crippen LogP contribution in [0.15, 0.2) is 34.8 Å². The Morgan fingerprint density at radius 1 is 1.30 bits per heavy atom. The van der Waals surface area contributed by atoms with Crippen LogP contribution < -0.4 is 10.5 Å². The number of methoxy groups -OCH3 is 1. The minimum atomic E-state index is -0.784. The van der Waals surface area contributed by atoms with E-state index in [1.54, 1.807) is 12.1 Å². The molecule has 0 bridgehead atoms. The third-order valence-electron chi connectivity index (χ3n) is 2.81. The number of anilines is 1. The molecule has 3 nitrogen and oxygen atoms in total. The molecule has 0 saturated heterocycles. The number of hydrogen-bond acceptors (Lipinski definition) is 3. The van der Waals surface area contributed by atoms with Crippen molar-refractivity contribution in [2.75, 3.05) is 12.8 Å². The summed E-state index contributed by atoms with van der Waals surface area (Å²) in [6, 6.07) is 7.61. The summed E-state index contributed by atoms with van der Waals surface area (Å²) in [4.78, 5) is 12.4. The van der Waals surface area contributed by atoms with Gasteiger partial charge in [0.15, 0.2) is 11.6 Å². The lowest BCUT2D eigenvalue weighted by atomic mass is 10.0. The Bertz CT molecular complexity index is 691. The number of para-hydroxylation sites is 1. The van der Waals surface area contributed by atoms with Crippen molar-refractivity contribution in [3.8, 4) is 5.75 Å². The number of rotatable bonds is 3. The predicted molar refractivity (Wildman–Crippen MR) is 79.9 cm³/mol. The smallest absolute Gasteiger partial charge is 0.198 e. The molecule has 2 N–H and O–H groups in total. The molecule has 0 aliphatic carbocycles. The number of halogens is 3. The molecule has 0 aromatic heterocycles. The Balaban J connectivity index is 2.55. The SMILES string of the molecule is COc1cccc(C(=O)c2ccc(Br)c(Cl)c2F)c1N. The number of carbonyl (C=O) groups excluding carboxylic acids is 1. The van der Waals surface area contributed by atoms with Gasteiger partial charge in [-0.05, 0) is 40.2 Å². The Labute approximate surface area is 128 Å². The Kier molecular flexibility index (Phi) is 4.30. The van der Waals surface area contributed by atoms with E-state index in [1.165, 1.54) is 25.3 Å². The van der Waals surface area contributed by atoms with Gasteiger partial charge in [-0.1, -0.05) is 17.7 Å². The van der Waals surface area contributed by atoms with Crippen molar-refractivity contribution in [1.82, 2.24) is 0 Å². The minimum absolute atomic E-state index is 0.141. The average Bonchev–Trinajstić information content (AvgIpc) is 2.44. The summed E-state index contributed by atoms with van der Waals surface area (Å²) in [7, 11) is 1.44. The van der Waals surface area contributed by atoms with Crippen LogP contribution in [0, 0.1) is 5.82 Å². The lowest BCUT2D eigenvalue weighted by Gasteiger charge is -2.10. The van der Waals surface area contributed by atoms with E-state index in [4.69, 9.17) is 22.1 Å². The highest BCUT2D eigenvalue weighted by Crippen LogP contribution is 2.31. The Morgan fingerprint density at radius 2 is 2.00 bits per heavy atom. The first kappa shape index (κ1) is 14.8. The summed E-state index contributed by atoms with van der Waals surface area (Å²) < 4.78 is 19.5. The van der Waals surface area contributed by atoms with Crippen LogP contribution in [-0.4, -0.2) is 12.9 Å². The van der Waals surface area contributed by atoms with E-state index in [2.05, 4.69) is 15.9 Å². The first-order valence-electron chi connectivity index (χ1n) is 5.58. The van der Waals surface area contributed by atoms with Crippen LogP contribution in [0.25, 0.3) is 0 Å². The molecule has 0 amide bonds. The van der Waals surface area contributed by atoms with Crippen LogP contribution in [0.2, 0.25) is 5.02 Å². The second kappa shape index (κ2) is 5.81. The molecular formula is C14H10BrClFNO2. The van der Waals surface area contributed by atoms with Gasteiger partial charge >= 0.3 is 0 Å². The van der Waals surface area contributed by atoms with E-state index < -0.39 is 11.6 Å². The molecule has 0 unspecified atom stereocenters. The van der Waals surface area contributed by atoms with Crippen molar-refractivity contribution in [3.63, 3.8) is 0 Å². The fourth-order valence-corrected chi connectivity index (χ4v) is 2.24. The van der Waals surface area contributed by atoms with E-state index in [1.807, 2.05) is 0 Å². The van der Waals surface area contributed by atoms with E-state index >= 15 is 0 Å². The van der Waals surface area contributed by atoms with Crippen LogP contribution in [0.1, 0.15) is 15.9 Å². The molecule has 0 radical (unpaired) electrons. The highest BCUT2D eigenvalue weighted by Gasteiger charge is 2.20. The number of nitrogens with two attached hydrogens (primary N) is 1. The highest BCUT2D eigenvalue weighted by molar-refractivity contribution is 9.10. The summed E-state index contributed by atoms with van der Waals surface area (Å²) in [5.41, 5.74) is 6.03. The van der Waals surface area contributed by atoms with Crippen molar-refractivity contribution in [1.29, 1.82) is 0 Å². The molecule has 104 valence electrons. The van der Waals surface area contributed by atoms with Gasteiger partial charge in [0.05, 0.1) is 23.4 Å². The zero-order valence-electron chi connectivity index (χ0n) is 10.4. The monoisotopic (exact) mass is 357 g/mol. The molecule has 0 heterocycles. The van der Waals surface area contributed by atoms with E-state index in [9.17, 15) is 9.18 Å². The number of carbonyl (C=O) groups is 1. The Hall–Kier alpha value is -1.59. The summed E-state index contributed by atoms with van der Waals surface area (Å²) in [5.74, 6) is -0.971. The standard InChI is InChI=1S/C14H10BrClFNO2/c1-20-10-4-2-3-8(13(10)18)14(19)7-5-6-9(15)11(16)12(7)17/h2-6H,18H2,1H3. The van der Waals surface area contributed by atoms with Gasteiger partial charge in [-0.3, -0.25) is 4.79 Å². The van der Waals surface area contributed by atoms with Crippen LogP contribution in [0.4, 0.5) is 10.1 Å². The van der Waals surface area contributed by atoms with Crippen LogP contribution in [0.3, 0.4) is 0 Å². The molecule has 0 spiro atoms. The molecule has 0 aliphatic rings. The molecule has 2 rings (SSSR count). The summed E-state index contributed by atoms with van der Waals surface area (Å²) >= 11 is 8.88. The van der Waals surface area contributed by atoms with Crippen LogP contribution in [-0.2, 0) is 0 Å². The first-order chi connectivity index (χ1) is 9.47. The van der Waals surface area contributed by atoms with Gasteiger partial charge < -0.3 is 10.5 Å². The van der Waals surface area contributed by atoms with E-state index in [-0.39, 0.29) is 21.8 Å². The summed E-state index contributed by atoms with van der Waals surface area (Å²) in [6.07, 6.45) is 0. The first-order valence-corrected chi connectivity index (χ1v) is 6.75. The predicted octanol–water partition coefficient (Wildman–Crippen LogP) is 4.06. The van der Waals surface area contributed by atoms with Crippen molar-refractivity contribution in [2.45, 2.75) is 0 Å². The lowest BCUT2D eigenvalue weighted by Crippen LogP contribution is -2.09. The summed E-state index contributed by atoms with van der Waals surface area (Å²) in [6.45, 7) is 0. The molecule has 2 aromatic rings. The largest absolute Gasteiger partial charge is 0.495 e. The zero-order valence-corrected chi connectivity index (χ0v) is 12.8. The fraction of sp³-hybridized carbons (Fsp3) is 0.0714.